The van der Waals surface area contributed by atoms with Crippen molar-refractivity contribution >= 4 is 5.91 Å². The average molecular weight is 287 g/mol. The molecule has 1 saturated heterocycles. The van der Waals surface area contributed by atoms with E-state index in [1.807, 2.05) is 11.8 Å². The fraction of sp³-hybridized carbons (Fsp3) is 0.588. The number of benzene rings is 1. The minimum Gasteiger partial charge on any atom is -0.341 e. The van der Waals surface area contributed by atoms with E-state index in [-0.39, 0.29) is 18.0 Å². The normalized spacial score (nSPS) is 23.9. The van der Waals surface area contributed by atoms with Gasteiger partial charge < -0.3 is 10.6 Å². The van der Waals surface area contributed by atoms with Crippen LogP contribution in [-0.2, 0) is 11.2 Å². The highest BCUT2D eigenvalue weighted by molar-refractivity contribution is 5.81. The van der Waals surface area contributed by atoms with Crippen molar-refractivity contribution in [2.75, 3.05) is 26.2 Å². The predicted octanol–water partition coefficient (Wildman–Crippen LogP) is 1.56. The standard InChI is InChI=1S/C17H25N3O/c1-13(17(21)19-9-4-5-10-19)20-11-8-14-6-2-3-7-15(14)16(20)12-18/h2-3,6-7,13,16H,4-5,8-12,18H2,1H3. The van der Waals surface area contributed by atoms with Crippen LogP contribution in [-0.4, -0.2) is 47.9 Å². The smallest absolute Gasteiger partial charge is 0.239 e. The lowest BCUT2D eigenvalue weighted by atomic mass is 9.91. The number of amides is 1. The Balaban J connectivity index is 1.80. The van der Waals surface area contributed by atoms with Crippen LogP contribution in [0.3, 0.4) is 0 Å². The summed E-state index contributed by atoms with van der Waals surface area (Å²) in [5, 5.41) is 0. The summed E-state index contributed by atoms with van der Waals surface area (Å²) in [7, 11) is 0. The summed E-state index contributed by atoms with van der Waals surface area (Å²) < 4.78 is 0. The Bertz CT molecular complexity index is 511. The third-order valence-electron chi connectivity index (χ3n) is 4.95. The Kier molecular flexibility index (Phi) is 4.27. The van der Waals surface area contributed by atoms with E-state index in [1.54, 1.807) is 0 Å². The van der Waals surface area contributed by atoms with Crippen molar-refractivity contribution in [3.05, 3.63) is 35.4 Å². The van der Waals surface area contributed by atoms with Gasteiger partial charge in [-0.3, -0.25) is 9.69 Å². The Hall–Kier alpha value is -1.39. The van der Waals surface area contributed by atoms with Gasteiger partial charge in [-0.15, -0.1) is 0 Å². The largest absolute Gasteiger partial charge is 0.341 e. The third-order valence-corrected chi connectivity index (χ3v) is 4.95. The minimum atomic E-state index is -0.0787. The number of hydrogen-bond acceptors (Lipinski definition) is 3. The molecule has 0 aromatic heterocycles. The molecule has 0 saturated carbocycles. The van der Waals surface area contributed by atoms with Gasteiger partial charge in [-0.25, -0.2) is 0 Å². The van der Waals surface area contributed by atoms with Gasteiger partial charge in [-0.05, 0) is 37.3 Å². The molecule has 2 unspecified atom stereocenters. The average Bonchev–Trinajstić information content (AvgIpc) is 3.06. The number of nitrogens with two attached hydrogens (primary N) is 1. The lowest BCUT2D eigenvalue weighted by Gasteiger charge is -2.40. The van der Waals surface area contributed by atoms with Gasteiger partial charge in [0, 0.05) is 32.2 Å². The molecule has 21 heavy (non-hydrogen) atoms. The monoisotopic (exact) mass is 287 g/mol. The third kappa shape index (κ3) is 2.70. The van der Waals surface area contributed by atoms with Gasteiger partial charge in [0.2, 0.25) is 5.91 Å². The number of hydrogen-bond donors (Lipinski definition) is 1. The maximum atomic E-state index is 12.7. The zero-order valence-corrected chi connectivity index (χ0v) is 12.8. The molecule has 0 radical (unpaired) electrons. The quantitative estimate of drug-likeness (QED) is 0.918. The summed E-state index contributed by atoms with van der Waals surface area (Å²) in [5.41, 5.74) is 8.71. The van der Waals surface area contributed by atoms with E-state index in [4.69, 9.17) is 5.73 Å². The first-order valence-electron chi connectivity index (χ1n) is 8.04. The van der Waals surface area contributed by atoms with Crippen LogP contribution in [0.4, 0.5) is 0 Å². The molecule has 3 rings (SSSR count). The SMILES string of the molecule is CC(C(=O)N1CCCC1)N1CCc2ccccc2C1CN. The number of carbonyl (C=O) groups excluding carboxylic acids is 1. The Morgan fingerprint density at radius 2 is 2.00 bits per heavy atom. The molecule has 1 aromatic carbocycles. The summed E-state index contributed by atoms with van der Waals surface area (Å²) in [6, 6.07) is 8.58. The van der Waals surface area contributed by atoms with E-state index in [0.29, 0.717) is 6.54 Å². The summed E-state index contributed by atoms with van der Waals surface area (Å²) in [4.78, 5) is 17.0. The molecule has 0 bridgehead atoms. The summed E-state index contributed by atoms with van der Waals surface area (Å²) in [6.45, 7) is 5.35. The Morgan fingerprint density at radius 3 is 2.71 bits per heavy atom. The molecule has 1 amide bonds. The molecule has 4 heteroatoms. The summed E-state index contributed by atoms with van der Waals surface area (Å²) in [5.74, 6) is 0.269. The second-order valence-electron chi connectivity index (χ2n) is 6.15. The highest BCUT2D eigenvalue weighted by atomic mass is 16.2. The molecule has 2 N–H and O–H groups in total. The van der Waals surface area contributed by atoms with Crippen LogP contribution in [0.25, 0.3) is 0 Å². The lowest BCUT2D eigenvalue weighted by molar-refractivity contribution is -0.136. The molecule has 1 aromatic rings. The van der Waals surface area contributed by atoms with Crippen molar-refractivity contribution in [3.8, 4) is 0 Å². The molecule has 1 fully saturated rings. The van der Waals surface area contributed by atoms with Gasteiger partial charge in [-0.1, -0.05) is 24.3 Å². The highest BCUT2D eigenvalue weighted by Gasteiger charge is 2.34. The molecule has 2 heterocycles. The van der Waals surface area contributed by atoms with Crippen LogP contribution in [0.2, 0.25) is 0 Å². The molecule has 0 aliphatic carbocycles. The van der Waals surface area contributed by atoms with Crippen LogP contribution in [0.15, 0.2) is 24.3 Å². The van der Waals surface area contributed by atoms with E-state index in [9.17, 15) is 4.79 Å². The fourth-order valence-electron chi connectivity index (χ4n) is 3.74. The molecule has 2 aliphatic rings. The van der Waals surface area contributed by atoms with E-state index in [2.05, 4.69) is 29.2 Å². The van der Waals surface area contributed by atoms with Gasteiger partial charge in [0.05, 0.1) is 6.04 Å². The maximum Gasteiger partial charge on any atom is 0.239 e. The van der Waals surface area contributed by atoms with Gasteiger partial charge in [-0.2, -0.15) is 0 Å². The Labute approximate surface area is 126 Å². The second kappa shape index (κ2) is 6.16. The Morgan fingerprint density at radius 1 is 1.29 bits per heavy atom. The molecule has 2 atom stereocenters. The number of nitrogens with zero attached hydrogens (tertiary/aromatic N) is 2. The van der Waals surface area contributed by atoms with Gasteiger partial charge in [0.1, 0.15) is 0 Å². The second-order valence-corrected chi connectivity index (χ2v) is 6.15. The summed E-state index contributed by atoms with van der Waals surface area (Å²) >= 11 is 0. The lowest BCUT2D eigenvalue weighted by Crippen LogP contribution is -2.51. The van der Waals surface area contributed by atoms with Crippen LogP contribution >= 0.6 is 0 Å². The number of likely N-dealkylation sites (tertiary alicyclic amines) is 1. The zero-order valence-electron chi connectivity index (χ0n) is 12.8. The van der Waals surface area contributed by atoms with Crippen molar-refractivity contribution in [2.24, 2.45) is 5.73 Å². The maximum absolute atomic E-state index is 12.7. The highest BCUT2D eigenvalue weighted by Crippen LogP contribution is 2.31. The van der Waals surface area contributed by atoms with E-state index in [0.717, 1.165) is 38.9 Å². The van der Waals surface area contributed by atoms with Crippen LogP contribution in [0.5, 0.6) is 0 Å². The first kappa shape index (κ1) is 14.5. The van der Waals surface area contributed by atoms with Crippen LogP contribution in [0.1, 0.15) is 36.9 Å². The van der Waals surface area contributed by atoms with Gasteiger partial charge in [0.15, 0.2) is 0 Å². The van der Waals surface area contributed by atoms with E-state index in [1.165, 1.54) is 11.1 Å². The zero-order chi connectivity index (χ0) is 14.8. The number of rotatable bonds is 3. The summed E-state index contributed by atoms with van der Waals surface area (Å²) in [6.07, 6.45) is 3.29. The number of fused-ring (bicyclic) bond motifs is 1. The van der Waals surface area contributed by atoms with Crippen molar-refractivity contribution in [1.82, 2.24) is 9.80 Å². The van der Waals surface area contributed by atoms with Crippen molar-refractivity contribution < 1.29 is 4.79 Å². The molecule has 2 aliphatic heterocycles. The van der Waals surface area contributed by atoms with Crippen molar-refractivity contribution in [3.63, 3.8) is 0 Å². The first-order chi connectivity index (χ1) is 10.2. The molecule has 4 nitrogen and oxygen atoms in total. The number of carbonyl (C=O) groups is 1. The molecule has 114 valence electrons. The first-order valence-corrected chi connectivity index (χ1v) is 8.04. The van der Waals surface area contributed by atoms with Crippen molar-refractivity contribution in [2.45, 2.75) is 38.3 Å². The molecule has 0 spiro atoms. The fourth-order valence-corrected chi connectivity index (χ4v) is 3.74. The molecular weight excluding hydrogens is 262 g/mol. The van der Waals surface area contributed by atoms with E-state index >= 15 is 0 Å². The molecular formula is C17H25N3O. The van der Waals surface area contributed by atoms with Crippen LogP contribution < -0.4 is 5.73 Å². The topological polar surface area (TPSA) is 49.6 Å². The van der Waals surface area contributed by atoms with Gasteiger partial charge >= 0.3 is 0 Å². The van der Waals surface area contributed by atoms with Crippen LogP contribution in [0, 0.1) is 0 Å². The van der Waals surface area contributed by atoms with Gasteiger partial charge in [0.25, 0.3) is 0 Å². The minimum absolute atomic E-state index is 0.0787. The van der Waals surface area contributed by atoms with Crippen molar-refractivity contribution in [1.29, 1.82) is 0 Å². The van der Waals surface area contributed by atoms with E-state index < -0.39 is 0 Å². The predicted molar refractivity (Wildman–Crippen MR) is 83.9 cm³/mol.